The Labute approximate surface area is 186 Å². The second-order valence-corrected chi connectivity index (χ2v) is 8.11. The van der Waals surface area contributed by atoms with Gasteiger partial charge >= 0.3 is 0 Å². The molecule has 0 amide bonds. The van der Waals surface area contributed by atoms with Crippen molar-refractivity contribution in [2.45, 2.75) is 25.8 Å². The van der Waals surface area contributed by atoms with E-state index >= 15 is 0 Å². The van der Waals surface area contributed by atoms with Crippen LogP contribution in [-0.4, -0.2) is 59.1 Å². The quantitative estimate of drug-likeness (QED) is 0.547. The highest BCUT2D eigenvalue weighted by atomic mass is 19.1. The summed E-state index contributed by atoms with van der Waals surface area (Å²) >= 11 is 0. The first-order valence-corrected chi connectivity index (χ1v) is 10.7. The molecule has 2 aromatic carbocycles. The van der Waals surface area contributed by atoms with Crippen LogP contribution in [0.1, 0.15) is 18.4 Å². The van der Waals surface area contributed by atoms with E-state index in [9.17, 15) is 8.78 Å². The van der Waals surface area contributed by atoms with E-state index in [1.54, 1.807) is 7.11 Å². The summed E-state index contributed by atoms with van der Waals surface area (Å²) < 4.78 is 33.5. The average molecular weight is 443 g/mol. The topological polar surface area (TPSA) is 67.2 Å². The highest BCUT2D eigenvalue weighted by molar-refractivity contribution is 5.63. The van der Waals surface area contributed by atoms with Crippen molar-refractivity contribution in [1.29, 1.82) is 0 Å². The lowest BCUT2D eigenvalue weighted by molar-refractivity contribution is 0.132. The van der Waals surface area contributed by atoms with Gasteiger partial charge in [0.2, 0.25) is 5.95 Å². The fourth-order valence-corrected chi connectivity index (χ4v) is 3.94. The SMILES string of the molecule is COCCN1CCC(Nc2cc(C)cc(Nc3ncn(-c4cc(F)cc(F)c4)n3)c2)CC1. The number of likely N-dealkylation sites (tertiary alicyclic amines) is 1. The third-order valence-electron chi connectivity index (χ3n) is 5.51. The van der Waals surface area contributed by atoms with Gasteiger partial charge in [-0.15, -0.1) is 5.10 Å². The van der Waals surface area contributed by atoms with Gasteiger partial charge in [0.15, 0.2) is 0 Å². The molecular weight excluding hydrogens is 414 g/mol. The fraction of sp³-hybridized carbons (Fsp3) is 0.391. The van der Waals surface area contributed by atoms with Gasteiger partial charge in [0, 0.05) is 50.2 Å². The molecule has 0 saturated carbocycles. The molecule has 2 heterocycles. The summed E-state index contributed by atoms with van der Waals surface area (Å²) in [5, 5.41) is 11.1. The van der Waals surface area contributed by atoms with E-state index in [1.807, 2.05) is 19.1 Å². The van der Waals surface area contributed by atoms with Gasteiger partial charge < -0.3 is 20.3 Å². The smallest absolute Gasteiger partial charge is 0.246 e. The van der Waals surface area contributed by atoms with Crippen LogP contribution in [0, 0.1) is 18.6 Å². The van der Waals surface area contributed by atoms with Crippen LogP contribution < -0.4 is 10.6 Å². The number of aryl methyl sites for hydroxylation is 1. The molecule has 32 heavy (non-hydrogen) atoms. The van der Waals surface area contributed by atoms with Gasteiger partial charge in [-0.05, 0) is 55.7 Å². The molecule has 1 aliphatic rings. The highest BCUT2D eigenvalue weighted by Crippen LogP contribution is 2.24. The lowest BCUT2D eigenvalue weighted by atomic mass is 10.0. The van der Waals surface area contributed by atoms with Crippen molar-refractivity contribution >= 4 is 17.3 Å². The predicted octanol–water partition coefficient (Wildman–Crippen LogP) is 4.12. The van der Waals surface area contributed by atoms with Crippen LogP contribution >= 0.6 is 0 Å². The number of ether oxygens (including phenoxy) is 1. The Morgan fingerprint density at radius 2 is 1.75 bits per heavy atom. The normalized spacial score (nSPS) is 15.1. The number of benzene rings is 2. The largest absolute Gasteiger partial charge is 0.383 e. The Bertz CT molecular complexity index is 1030. The van der Waals surface area contributed by atoms with Crippen LogP contribution in [0.15, 0.2) is 42.7 Å². The van der Waals surface area contributed by atoms with Crippen LogP contribution in [0.3, 0.4) is 0 Å². The van der Waals surface area contributed by atoms with Gasteiger partial charge in [-0.2, -0.15) is 4.98 Å². The Balaban J connectivity index is 1.40. The van der Waals surface area contributed by atoms with E-state index in [-0.39, 0.29) is 5.69 Å². The molecule has 0 radical (unpaired) electrons. The summed E-state index contributed by atoms with van der Waals surface area (Å²) in [6, 6.07) is 9.79. The maximum atomic E-state index is 13.5. The minimum atomic E-state index is -0.663. The molecular formula is C23H28F2N6O. The van der Waals surface area contributed by atoms with E-state index in [0.29, 0.717) is 12.0 Å². The van der Waals surface area contributed by atoms with Crippen LogP contribution in [0.25, 0.3) is 5.69 Å². The molecule has 1 saturated heterocycles. The standard InChI is InChI=1S/C23H28F2N6O/c1-16-9-20(27-19-3-5-30(6-4-19)7-8-32-2)14-21(10-16)28-23-26-15-31(29-23)22-12-17(24)11-18(25)13-22/h9-15,19,27H,3-8H2,1-2H3,(H,28,29). The van der Waals surface area contributed by atoms with E-state index in [1.165, 1.54) is 23.1 Å². The molecule has 2 N–H and O–H groups in total. The van der Waals surface area contributed by atoms with Crippen molar-refractivity contribution < 1.29 is 13.5 Å². The number of rotatable bonds is 8. The Kier molecular flexibility index (Phi) is 6.96. The molecule has 0 bridgehead atoms. The maximum Gasteiger partial charge on any atom is 0.246 e. The molecule has 0 aliphatic carbocycles. The van der Waals surface area contributed by atoms with Crippen molar-refractivity contribution in [3.63, 3.8) is 0 Å². The zero-order valence-electron chi connectivity index (χ0n) is 18.3. The number of halogens is 2. The number of nitrogens with one attached hydrogen (secondary N) is 2. The molecule has 3 aromatic rings. The maximum absolute atomic E-state index is 13.5. The van der Waals surface area contributed by atoms with Gasteiger partial charge in [0.25, 0.3) is 0 Å². The summed E-state index contributed by atoms with van der Waals surface area (Å²) in [6.07, 6.45) is 3.58. The number of nitrogens with zero attached hydrogens (tertiary/aromatic N) is 4. The monoisotopic (exact) mass is 442 g/mol. The molecule has 0 unspecified atom stereocenters. The number of hydrogen-bond donors (Lipinski definition) is 2. The first kappa shape index (κ1) is 22.2. The summed E-state index contributed by atoms with van der Waals surface area (Å²) in [5.74, 6) is -0.981. The van der Waals surface area contributed by atoms with Gasteiger partial charge in [-0.1, -0.05) is 0 Å². The minimum Gasteiger partial charge on any atom is -0.383 e. The number of piperidine rings is 1. The van der Waals surface area contributed by atoms with Crippen molar-refractivity contribution in [2.75, 3.05) is 44.0 Å². The number of hydrogen-bond acceptors (Lipinski definition) is 6. The zero-order chi connectivity index (χ0) is 22.5. The van der Waals surface area contributed by atoms with E-state index < -0.39 is 11.6 Å². The lowest BCUT2D eigenvalue weighted by Gasteiger charge is -2.32. The Hall–Kier alpha value is -3.04. The highest BCUT2D eigenvalue weighted by Gasteiger charge is 2.19. The van der Waals surface area contributed by atoms with E-state index in [2.05, 4.69) is 31.7 Å². The van der Waals surface area contributed by atoms with Gasteiger partial charge in [-0.3, -0.25) is 0 Å². The number of methoxy groups -OCH3 is 1. The third kappa shape index (κ3) is 5.80. The van der Waals surface area contributed by atoms with Gasteiger partial charge in [-0.25, -0.2) is 13.5 Å². The summed E-state index contributed by atoms with van der Waals surface area (Å²) in [4.78, 5) is 6.64. The first-order chi connectivity index (χ1) is 15.5. The van der Waals surface area contributed by atoms with Crippen molar-refractivity contribution in [2.24, 2.45) is 0 Å². The van der Waals surface area contributed by atoms with Crippen LogP contribution in [-0.2, 0) is 4.74 Å². The van der Waals surface area contributed by atoms with Crippen LogP contribution in [0.2, 0.25) is 0 Å². The summed E-state index contributed by atoms with van der Waals surface area (Å²) in [5.41, 5.74) is 3.25. The molecule has 1 aliphatic heterocycles. The third-order valence-corrected chi connectivity index (χ3v) is 5.51. The van der Waals surface area contributed by atoms with Crippen molar-refractivity contribution in [3.8, 4) is 5.69 Å². The van der Waals surface area contributed by atoms with E-state index in [0.717, 1.165) is 62.1 Å². The molecule has 170 valence electrons. The van der Waals surface area contributed by atoms with Gasteiger partial charge in [0.1, 0.15) is 18.0 Å². The van der Waals surface area contributed by atoms with Crippen molar-refractivity contribution in [1.82, 2.24) is 19.7 Å². The minimum absolute atomic E-state index is 0.270. The summed E-state index contributed by atoms with van der Waals surface area (Å²) in [7, 11) is 1.74. The molecule has 0 atom stereocenters. The second kappa shape index (κ2) is 10.1. The molecule has 9 heteroatoms. The van der Waals surface area contributed by atoms with Crippen LogP contribution in [0.5, 0.6) is 0 Å². The molecule has 0 spiro atoms. The zero-order valence-corrected chi connectivity index (χ0v) is 18.3. The molecule has 4 rings (SSSR count). The molecule has 1 aromatic heterocycles. The number of anilines is 3. The van der Waals surface area contributed by atoms with Crippen molar-refractivity contribution in [3.05, 3.63) is 59.9 Å². The summed E-state index contributed by atoms with van der Waals surface area (Å²) in [6.45, 7) is 5.89. The number of aromatic nitrogens is 3. The predicted molar refractivity (Wildman–Crippen MR) is 121 cm³/mol. The fourth-order valence-electron chi connectivity index (χ4n) is 3.94. The average Bonchev–Trinajstić information content (AvgIpc) is 3.21. The van der Waals surface area contributed by atoms with E-state index in [4.69, 9.17) is 4.74 Å². The Morgan fingerprint density at radius 3 is 2.47 bits per heavy atom. The van der Waals surface area contributed by atoms with Crippen LogP contribution in [0.4, 0.5) is 26.1 Å². The molecule has 7 nitrogen and oxygen atoms in total. The van der Waals surface area contributed by atoms with Gasteiger partial charge in [0.05, 0.1) is 12.3 Å². The Morgan fingerprint density at radius 1 is 1.03 bits per heavy atom. The molecule has 1 fully saturated rings. The second-order valence-electron chi connectivity index (χ2n) is 8.11. The lowest BCUT2D eigenvalue weighted by Crippen LogP contribution is -2.40. The first-order valence-electron chi connectivity index (χ1n) is 10.7.